The van der Waals surface area contributed by atoms with Gasteiger partial charge in [0.05, 0.1) is 6.61 Å². The predicted octanol–water partition coefficient (Wildman–Crippen LogP) is 1.55. The molecule has 0 saturated carbocycles. The van der Waals surface area contributed by atoms with Crippen molar-refractivity contribution in [2.45, 2.75) is 19.9 Å². The van der Waals surface area contributed by atoms with Crippen LogP contribution in [0.2, 0.25) is 0 Å². The zero-order valence-corrected chi connectivity index (χ0v) is 8.56. The molecule has 56 valence electrons. The molecule has 0 rings (SSSR count). The van der Waals surface area contributed by atoms with E-state index in [1.165, 1.54) is 0 Å². The van der Waals surface area contributed by atoms with Crippen molar-refractivity contribution in [1.82, 2.24) is 0 Å². The van der Waals surface area contributed by atoms with Crippen LogP contribution in [0.1, 0.15) is 13.8 Å². The van der Waals surface area contributed by atoms with Crippen LogP contribution in [0.4, 0.5) is 0 Å². The molecule has 1 atom stereocenters. The van der Waals surface area contributed by atoms with Gasteiger partial charge in [0.1, 0.15) is 0 Å². The van der Waals surface area contributed by atoms with Crippen molar-refractivity contribution < 1.29 is 31.2 Å². The zero-order chi connectivity index (χ0) is 6.57. The number of hydrogen-bond donors (Lipinski definition) is 1. The fourth-order valence-corrected chi connectivity index (χ4v) is 0.273. The molecule has 0 aliphatic rings. The summed E-state index contributed by atoms with van der Waals surface area (Å²) in [5, 5.41) is 7.87. The molecule has 9 heavy (non-hydrogen) atoms. The minimum absolute atomic E-state index is 0. The minimum atomic E-state index is -0.306. The molecule has 0 saturated heterocycles. The molecule has 4 heteroatoms. The van der Waals surface area contributed by atoms with Crippen LogP contribution in [0.5, 0.6) is 0 Å². The van der Waals surface area contributed by atoms with Crippen LogP contribution in [0.3, 0.4) is 0 Å². The Kier molecular flexibility index (Phi) is 9.11. The first-order valence-electron chi connectivity index (χ1n) is 2.66. The van der Waals surface area contributed by atoms with Crippen LogP contribution in [0.15, 0.2) is 0 Å². The normalized spacial score (nSPS) is 13.0. The Hall–Kier alpha value is 0.568. The second kappa shape index (κ2) is 6.69. The predicted molar refractivity (Wildman–Crippen MR) is 31.5 cm³/mol. The Morgan fingerprint density at radius 2 is 2.00 bits per heavy atom. The van der Waals surface area contributed by atoms with Gasteiger partial charge in [-0.05, 0) is 0 Å². The molecule has 0 fully saturated rings. The molecule has 0 aromatic heterocycles. The van der Waals surface area contributed by atoms with Crippen molar-refractivity contribution in [3.8, 4) is 0 Å². The van der Waals surface area contributed by atoms with Gasteiger partial charge >= 0.3 is 0 Å². The number of rotatable bonds is 3. The van der Waals surface area contributed by atoms with Crippen molar-refractivity contribution in [3.05, 3.63) is 5.73 Å². The minimum Gasteiger partial charge on any atom is -0.672 e. The van der Waals surface area contributed by atoms with Crippen molar-refractivity contribution in [3.63, 3.8) is 0 Å². The number of nitrogens with one attached hydrogen (secondary N) is 1. The molecule has 0 radical (unpaired) electrons. The molecule has 0 heterocycles. The first kappa shape index (κ1) is 12.3. The van der Waals surface area contributed by atoms with Crippen molar-refractivity contribution in [1.29, 1.82) is 0 Å². The Balaban J connectivity index is 0. The molecule has 0 aliphatic heterocycles. The third-order valence-corrected chi connectivity index (χ3v) is 1.06. The second-order valence-corrected chi connectivity index (χ2v) is 2.15. The van der Waals surface area contributed by atoms with E-state index in [0.717, 1.165) is 0 Å². The summed E-state index contributed by atoms with van der Waals surface area (Å²) in [5.41, 5.74) is 7.14. The van der Waals surface area contributed by atoms with E-state index in [1.54, 1.807) is 0 Å². The molecular weight excluding hydrogens is 290 g/mol. The maximum atomic E-state index is 7.87. The molecule has 3 nitrogen and oxygen atoms in total. The average Bonchev–Trinajstić information content (AvgIpc) is 1.67. The Morgan fingerprint density at radius 3 is 2.11 bits per heavy atom. The monoisotopic (exact) mass is 302 g/mol. The number of hydrogen-bond acceptors (Lipinski definition) is 2. The van der Waals surface area contributed by atoms with Gasteiger partial charge in [-0.25, -0.2) is 4.89 Å². The summed E-state index contributed by atoms with van der Waals surface area (Å²) in [6.07, 6.45) is 0. The van der Waals surface area contributed by atoms with E-state index in [2.05, 4.69) is 4.89 Å². The van der Waals surface area contributed by atoms with Gasteiger partial charge in [0.25, 0.3) is 0 Å². The van der Waals surface area contributed by atoms with E-state index in [9.17, 15) is 0 Å². The smallest absolute Gasteiger partial charge is 0.0661 e. The fourth-order valence-electron chi connectivity index (χ4n) is 0.273. The average molecular weight is 302 g/mol. The van der Waals surface area contributed by atoms with Crippen LogP contribution in [-0.4, -0.2) is 17.9 Å². The van der Waals surface area contributed by atoms with Crippen LogP contribution in [-0.2, 0) is 26.0 Å². The van der Waals surface area contributed by atoms with Crippen molar-refractivity contribution in [2.24, 2.45) is 5.92 Å². The molecule has 0 spiro atoms. The zero-order valence-electron chi connectivity index (χ0n) is 5.63. The van der Waals surface area contributed by atoms with E-state index < -0.39 is 0 Å². The first-order valence-corrected chi connectivity index (χ1v) is 2.66. The third kappa shape index (κ3) is 6.45. The van der Waals surface area contributed by atoms with Gasteiger partial charge in [0.15, 0.2) is 0 Å². The molecule has 2 N–H and O–H groups in total. The van der Waals surface area contributed by atoms with E-state index >= 15 is 0 Å². The molecular formula is C5H12NO2W-. The summed E-state index contributed by atoms with van der Waals surface area (Å²) < 4.78 is 0. The molecule has 0 bridgehead atoms. The van der Waals surface area contributed by atoms with E-state index in [-0.39, 0.29) is 39.6 Å². The summed E-state index contributed by atoms with van der Waals surface area (Å²) in [6, 6.07) is -0.306. The standard InChI is InChI=1S/C5H12NO2.W/c1-4(2)5(6)3-8-7;/h4-7H,3H2,1-2H3;/q-1;. The summed E-state index contributed by atoms with van der Waals surface area (Å²) in [5.74, 6) is 0.252. The van der Waals surface area contributed by atoms with E-state index in [0.29, 0.717) is 0 Å². The van der Waals surface area contributed by atoms with Crippen LogP contribution < -0.4 is 0 Å². The van der Waals surface area contributed by atoms with Gasteiger partial charge < -0.3 is 5.73 Å². The van der Waals surface area contributed by atoms with Gasteiger partial charge in [-0.1, -0.05) is 19.8 Å². The summed E-state index contributed by atoms with van der Waals surface area (Å²) in [4.78, 5) is 3.78. The summed E-state index contributed by atoms with van der Waals surface area (Å²) >= 11 is 0. The fraction of sp³-hybridized carbons (Fsp3) is 1.00. The summed E-state index contributed by atoms with van der Waals surface area (Å²) in [6.45, 7) is 3.94. The topological polar surface area (TPSA) is 53.3 Å². The molecule has 0 amide bonds. The second-order valence-electron chi connectivity index (χ2n) is 2.15. The maximum Gasteiger partial charge on any atom is 0.0661 e. The van der Waals surface area contributed by atoms with Gasteiger partial charge in [-0.3, -0.25) is 5.26 Å². The quantitative estimate of drug-likeness (QED) is 0.635. The Morgan fingerprint density at radius 1 is 1.56 bits per heavy atom. The van der Waals surface area contributed by atoms with Crippen LogP contribution >= 0.6 is 0 Å². The van der Waals surface area contributed by atoms with Gasteiger partial charge in [-0.2, -0.15) is 0 Å². The molecule has 0 aromatic carbocycles. The Bertz CT molecular complexity index is 60.9. The third-order valence-electron chi connectivity index (χ3n) is 1.06. The van der Waals surface area contributed by atoms with Crippen molar-refractivity contribution in [2.75, 3.05) is 6.61 Å². The SMILES string of the molecule is CC(C)C([NH-])COO.[W]. The first-order chi connectivity index (χ1) is 3.68. The van der Waals surface area contributed by atoms with E-state index in [1.807, 2.05) is 13.8 Å². The largest absolute Gasteiger partial charge is 0.672 e. The Labute approximate surface area is 69.8 Å². The van der Waals surface area contributed by atoms with Crippen LogP contribution in [0, 0.1) is 5.92 Å². The molecule has 0 aromatic rings. The maximum absolute atomic E-state index is 7.87. The summed E-state index contributed by atoms with van der Waals surface area (Å²) in [7, 11) is 0. The van der Waals surface area contributed by atoms with Gasteiger partial charge in [0, 0.05) is 21.1 Å². The van der Waals surface area contributed by atoms with Crippen LogP contribution in [0.25, 0.3) is 5.73 Å². The van der Waals surface area contributed by atoms with Gasteiger partial charge in [0.2, 0.25) is 0 Å². The van der Waals surface area contributed by atoms with Crippen molar-refractivity contribution >= 4 is 0 Å². The molecule has 1 unspecified atom stereocenters. The molecule has 0 aliphatic carbocycles. The van der Waals surface area contributed by atoms with E-state index in [4.69, 9.17) is 11.0 Å². The van der Waals surface area contributed by atoms with Gasteiger partial charge in [-0.15, -0.1) is 6.04 Å².